The van der Waals surface area contributed by atoms with Crippen molar-refractivity contribution in [1.82, 2.24) is 30.7 Å². The molecule has 0 radical (unpaired) electrons. The Morgan fingerprint density at radius 2 is 2.17 bits per heavy atom. The number of carbonyl (C=O) groups excluding carboxylic acids is 1. The normalized spacial score (nSPS) is 11.4. The number of aromatic nitrogens is 5. The van der Waals surface area contributed by atoms with Gasteiger partial charge in [0.05, 0.1) is 19.3 Å². The number of benzene rings is 1. The van der Waals surface area contributed by atoms with Gasteiger partial charge >= 0.3 is 0 Å². The van der Waals surface area contributed by atoms with Crippen LogP contribution in [0.2, 0.25) is 0 Å². The van der Waals surface area contributed by atoms with Gasteiger partial charge in [-0.3, -0.25) is 4.79 Å². The van der Waals surface area contributed by atoms with Crippen molar-refractivity contribution in [2.45, 2.75) is 20.4 Å². The quantitative estimate of drug-likeness (QED) is 0.221. The predicted octanol–water partition coefficient (Wildman–Crippen LogP) is 0.0257. The highest BCUT2D eigenvalue weighted by Gasteiger charge is 2.26. The van der Waals surface area contributed by atoms with Gasteiger partial charge in [0.15, 0.2) is 5.69 Å². The topological polar surface area (TPSA) is 142 Å². The van der Waals surface area contributed by atoms with Crippen LogP contribution in [0, 0.1) is 3.57 Å². The van der Waals surface area contributed by atoms with Gasteiger partial charge in [0.2, 0.25) is 11.6 Å². The minimum Gasteiger partial charge on any atom is -0.378 e. The van der Waals surface area contributed by atoms with Gasteiger partial charge in [-0.1, -0.05) is 17.3 Å². The zero-order valence-corrected chi connectivity index (χ0v) is 18.1. The van der Waals surface area contributed by atoms with E-state index in [1.54, 1.807) is 6.21 Å². The molecule has 4 N–H and O–H groups in total. The Labute approximate surface area is 180 Å². The van der Waals surface area contributed by atoms with E-state index in [1.165, 1.54) is 9.58 Å². The van der Waals surface area contributed by atoms with Crippen LogP contribution >= 0.6 is 22.6 Å². The molecular formula is C17H21IN9O2+. The number of nitrogens with two attached hydrogens (primary N) is 1. The molecule has 0 aliphatic carbocycles. The number of nitrogen functional groups attached to an aromatic ring is 1. The van der Waals surface area contributed by atoms with Gasteiger partial charge in [-0.25, -0.2) is 10.1 Å². The van der Waals surface area contributed by atoms with Crippen LogP contribution in [0.25, 0.3) is 5.82 Å². The zero-order chi connectivity index (χ0) is 20.8. The summed E-state index contributed by atoms with van der Waals surface area (Å²) >= 11 is 2.21. The van der Waals surface area contributed by atoms with E-state index in [0.29, 0.717) is 12.2 Å². The summed E-state index contributed by atoms with van der Waals surface area (Å²) in [7, 11) is 0. The summed E-state index contributed by atoms with van der Waals surface area (Å²) in [5.74, 6) is -0.218. The molecule has 2 aromatic heterocycles. The molecule has 1 aromatic carbocycles. The fraction of sp³-hybridized carbons (Fsp3) is 0.294. The van der Waals surface area contributed by atoms with Crippen molar-refractivity contribution in [1.29, 1.82) is 0 Å². The van der Waals surface area contributed by atoms with E-state index in [0.717, 1.165) is 22.2 Å². The molecule has 2 heterocycles. The van der Waals surface area contributed by atoms with E-state index in [-0.39, 0.29) is 17.3 Å². The van der Waals surface area contributed by atoms with E-state index < -0.39 is 5.91 Å². The first-order valence-electron chi connectivity index (χ1n) is 8.99. The van der Waals surface area contributed by atoms with Crippen molar-refractivity contribution < 1.29 is 14.3 Å². The number of quaternary nitrogens is 1. The Kier molecular flexibility index (Phi) is 6.87. The lowest BCUT2D eigenvalue weighted by molar-refractivity contribution is -0.910. The summed E-state index contributed by atoms with van der Waals surface area (Å²) in [6.45, 7) is 6.34. The Morgan fingerprint density at radius 1 is 1.38 bits per heavy atom. The molecule has 0 aliphatic rings. The number of anilines is 1. The summed E-state index contributed by atoms with van der Waals surface area (Å²) in [6.07, 6.45) is 1.57. The Bertz CT molecular complexity index is 1010. The van der Waals surface area contributed by atoms with Gasteiger partial charge in [-0.05, 0) is 64.4 Å². The average Bonchev–Trinajstić information content (AvgIpc) is 3.31. The first-order chi connectivity index (χ1) is 14.0. The number of hydrogen-bond donors (Lipinski definition) is 3. The number of halogens is 1. The Balaban J connectivity index is 1.86. The molecule has 0 saturated heterocycles. The molecule has 152 valence electrons. The van der Waals surface area contributed by atoms with Crippen molar-refractivity contribution in [2.75, 3.05) is 18.8 Å². The Morgan fingerprint density at radius 3 is 2.83 bits per heavy atom. The van der Waals surface area contributed by atoms with Crippen LogP contribution in [-0.2, 0) is 6.54 Å². The third-order valence-electron chi connectivity index (χ3n) is 4.32. The summed E-state index contributed by atoms with van der Waals surface area (Å²) in [5.41, 5.74) is 9.86. The number of nitrogens with one attached hydrogen (secondary N) is 2. The lowest BCUT2D eigenvalue weighted by Gasteiger charge is -2.15. The lowest BCUT2D eigenvalue weighted by Crippen LogP contribution is -3.10. The molecule has 12 heteroatoms. The molecule has 29 heavy (non-hydrogen) atoms. The maximum Gasteiger partial charge on any atom is 0.294 e. The van der Waals surface area contributed by atoms with Crippen LogP contribution < -0.4 is 16.1 Å². The number of rotatable bonds is 8. The average molecular weight is 510 g/mol. The van der Waals surface area contributed by atoms with Crippen LogP contribution in [0.3, 0.4) is 0 Å². The van der Waals surface area contributed by atoms with Crippen molar-refractivity contribution in [3.8, 4) is 5.82 Å². The summed E-state index contributed by atoms with van der Waals surface area (Å²) < 4.78 is 7.12. The highest BCUT2D eigenvalue weighted by molar-refractivity contribution is 14.1. The highest BCUT2D eigenvalue weighted by Crippen LogP contribution is 2.15. The fourth-order valence-electron chi connectivity index (χ4n) is 2.69. The standard InChI is InChI=1S/C17H20IN9O2/c1-3-26(4-2)10-13-14(21-25-27(13)16-15(19)23-29-24-16)17(28)22-20-9-11-6-5-7-12(18)8-11/h5-9H,3-4,10H2,1-2H3,(H2,19,23)(H,22,28)/p+1/b20-9-. The molecule has 0 fully saturated rings. The minimum absolute atomic E-state index is 0.0642. The molecule has 11 nitrogen and oxygen atoms in total. The van der Waals surface area contributed by atoms with Gasteiger partial charge in [-0.2, -0.15) is 9.78 Å². The smallest absolute Gasteiger partial charge is 0.294 e. The molecule has 0 atom stereocenters. The van der Waals surface area contributed by atoms with Crippen LogP contribution in [0.4, 0.5) is 5.82 Å². The number of carbonyl (C=O) groups is 1. The number of amides is 1. The Hall–Kier alpha value is -2.87. The van der Waals surface area contributed by atoms with Crippen molar-refractivity contribution in [3.63, 3.8) is 0 Å². The molecule has 0 spiro atoms. The maximum absolute atomic E-state index is 12.7. The van der Waals surface area contributed by atoms with E-state index in [9.17, 15) is 4.79 Å². The van der Waals surface area contributed by atoms with Crippen LogP contribution in [-0.4, -0.2) is 50.5 Å². The van der Waals surface area contributed by atoms with Gasteiger partial charge < -0.3 is 10.6 Å². The fourth-order valence-corrected chi connectivity index (χ4v) is 3.25. The molecule has 3 rings (SSSR count). The van der Waals surface area contributed by atoms with Crippen molar-refractivity contribution in [3.05, 3.63) is 44.8 Å². The second-order valence-corrected chi connectivity index (χ2v) is 7.40. The van der Waals surface area contributed by atoms with Gasteiger partial charge in [0.1, 0.15) is 12.2 Å². The minimum atomic E-state index is -0.477. The largest absolute Gasteiger partial charge is 0.378 e. The van der Waals surface area contributed by atoms with E-state index >= 15 is 0 Å². The van der Waals surface area contributed by atoms with E-state index in [1.807, 2.05) is 24.3 Å². The van der Waals surface area contributed by atoms with E-state index in [2.05, 4.69) is 72.2 Å². The number of hydrazone groups is 1. The SMILES string of the molecule is CC[NH+](CC)Cc1c(C(=O)N/N=C\c2cccc(I)c2)nnn1-c1nonc1N. The second-order valence-electron chi connectivity index (χ2n) is 6.16. The summed E-state index contributed by atoms with van der Waals surface area (Å²) in [5, 5.41) is 19.4. The first kappa shape index (κ1) is 20.9. The molecule has 1 amide bonds. The maximum atomic E-state index is 12.7. The summed E-state index contributed by atoms with van der Waals surface area (Å²) in [6, 6.07) is 7.73. The molecule has 0 unspecified atom stereocenters. The van der Waals surface area contributed by atoms with Gasteiger partial charge in [0.25, 0.3) is 5.91 Å². The van der Waals surface area contributed by atoms with Crippen LogP contribution in [0.15, 0.2) is 34.0 Å². The third kappa shape index (κ3) is 4.95. The molecule has 3 aromatic rings. The van der Waals surface area contributed by atoms with Crippen molar-refractivity contribution in [2.24, 2.45) is 5.10 Å². The number of hydrogen-bond acceptors (Lipinski definition) is 8. The van der Waals surface area contributed by atoms with Crippen molar-refractivity contribution >= 4 is 40.5 Å². The zero-order valence-electron chi connectivity index (χ0n) is 16.0. The molecule has 0 aliphatic heterocycles. The molecule has 0 bridgehead atoms. The predicted molar refractivity (Wildman–Crippen MR) is 114 cm³/mol. The lowest BCUT2D eigenvalue weighted by atomic mass is 10.2. The highest BCUT2D eigenvalue weighted by atomic mass is 127. The summed E-state index contributed by atoms with van der Waals surface area (Å²) in [4.78, 5) is 13.9. The van der Waals surface area contributed by atoms with Gasteiger partial charge in [-0.15, -0.1) is 5.10 Å². The van der Waals surface area contributed by atoms with Crippen LogP contribution in [0.1, 0.15) is 35.6 Å². The second kappa shape index (κ2) is 9.56. The number of nitrogens with zero attached hydrogens (tertiary/aromatic N) is 6. The molecular weight excluding hydrogens is 489 g/mol. The monoisotopic (exact) mass is 510 g/mol. The van der Waals surface area contributed by atoms with Crippen LogP contribution in [0.5, 0.6) is 0 Å². The van der Waals surface area contributed by atoms with Gasteiger partial charge in [0, 0.05) is 3.57 Å². The molecule has 0 saturated carbocycles. The third-order valence-corrected chi connectivity index (χ3v) is 4.99. The van der Waals surface area contributed by atoms with E-state index in [4.69, 9.17) is 5.73 Å². The first-order valence-corrected chi connectivity index (χ1v) is 10.1.